The third-order valence-corrected chi connectivity index (χ3v) is 5.17. The van der Waals surface area contributed by atoms with Gasteiger partial charge in [0.25, 0.3) is 0 Å². The maximum absolute atomic E-state index is 5.98. The minimum atomic E-state index is 0.885. The summed E-state index contributed by atoms with van der Waals surface area (Å²) in [5.41, 5.74) is 6.86. The maximum atomic E-state index is 5.98. The van der Waals surface area contributed by atoms with Crippen molar-refractivity contribution in [2.24, 2.45) is 0 Å². The lowest BCUT2D eigenvalue weighted by Crippen LogP contribution is -1.85. The molecule has 0 bridgehead atoms. The van der Waals surface area contributed by atoms with Gasteiger partial charge in [0.15, 0.2) is 0 Å². The van der Waals surface area contributed by atoms with Crippen LogP contribution in [0.2, 0.25) is 0 Å². The molecule has 4 heteroatoms. The van der Waals surface area contributed by atoms with Crippen LogP contribution in [-0.4, -0.2) is 6.26 Å². The second-order valence-corrected chi connectivity index (χ2v) is 5.43. The van der Waals surface area contributed by atoms with E-state index in [1.807, 2.05) is 23.5 Å². The van der Waals surface area contributed by atoms with E-state index in [1.54, 1.807) is 11.8 Å². The molecule has 0 aliphatic rings. The average molecular weight is 288 g/mol. The summed E-state index contributed by atoms with van der Waals surface area (Å²) < 4.78 is 1.28. The monoisotopic (exact) mass is 287 g/mol. The lowest BCUT2D eigenvalue weighted by molar-refractivity contribution is 1.43. The van der Waals surface area contributed by atoms with Gasteiger partial charge in [-0.2, -0.15) is 0 Å². The van der Waals surface area contributed by atoms with E-state index in [9.17, 15) is 0 Å². The van der Waals surface area contributed by atoms with Crippen LogP contribution in [0.3, 0.4) is 0 Å². The van der Waals surface area contributed by atoms with Gasteiger partial charge >= 0.3 is 0 Å². The predicted molar refractivity (Wildman–Crippen MR) is 70.6 cm³/mol. The van der Waals surface area contributed by atoms with Gasteiger partial charge < -0.3 is 5.73 Å². The molecule has 1 aromatic heterocycles. The fourth-order valence-electron chi connectivity index (χ4n) is 1.50. The summed E-state index contributed by atoms with van der Waals surface area (Å²) in [4.78, 5) is 2.69. The van der Waals surface area contributed by atoms with E-state index >= 15 is 0 Å². The Hall–Kier alpha value is -0.190. The average Bonchev–Trinajstić information content (AvgIpc) is 2.56. The highest BCUT2D eigenvalue weighted by molar-refractivity contribution is 9.08. The molecule has 2 aromatic rings. The maximum Gasteiger partial charge on any atom is 0.0413 e. The van der Waals surface area contributed by atoms with Gasteiger partial charge in [-0.15, -0.1) is 23.1 Å². The van der Waals surface area contributed by atoms with Crippen molar-refractivity contribution >= 4 is 54.8 Å². The standard InChI is InChI=1S/C10H10BrNS2/c1-13-10-8(5-11)14-7-4-2-3-6(12)9(7)10/h2-4H,5,12H2,1H3. The van der Waals surface area contributed by atoms with Crippen molar-refractivity contribution in [2.45, 2.75) is 10.2 Å². The Morgan fingerprint density at radius 3 is 2.93 bits per heavy atom. The molecule has 1 aromatic carbocycles. The number of anilines is 1. The van der Waals surface area contributed by atoms with Gasteiger partial charge in [0.1, 0.15) is 0 Å². The van der Waals surface area contributed by atoms with Crippen molar-refractivity contribution in [2.75, 3.05) is 12.0 Å². The second kappa shape index (κ2) is 4.13. The topological polar surface area (TPSA) is 26.0 Å². The van der Waals surface area contributed by atoms with Crippen LogP contribution >= 0.6 is 39.0 Å². The number of thioether (sulfide) groups is 1. The fourth-order valence-corrected chi connectivity index (χ4v) is 4.46. The van der Waals surface area contributed by atoms with Gasteiger partial charge in [-0.25, -0.2) is 0 Å². The first-order valence-electron chi connectivity index (χ1n) is 4.17. The first-order valence-corrected chi connectivity index (χ1v) is 7.34. The number of nitrogen functional groups attached to an aromatic ring is 1. The summed E-state index contributed by atoms with van der Waals surface area (Å²) in [6.07, 6.45) is 2.10. The van der Waals surface area contributed by atoms with Crippen LogP contribution in [-0.2, 0) is 5.33 Å². The van der Waals surface area contributed by atoms with Crippen LogP contribution in [0.4, 0.5) is 5.69 Å². The lowest BCUT2D eigenvalue weighted by Gasteiger charge is -1.99. The molecule has 0 fully saturated rings. The van der Waals surface area contributed by atoms with Crippen molar-refractivity contribution in [1.82, 2.24) is 0 Å². The van der Waals surface area contributed by atoms with Gasteiger partial charge in [0.05, 0.1) is 0 Å². The van der Waals surface area contributed by atoms with Gasteiger partial charge in [0.2, 0.25) is 0 Å². The zero-order valence-electron chi connectivity index (χ0n) is 7.71. The summed E-state index contributed by atoms with van der Waals surface area (Å²) in [5.74, 6) is 0. The van der Waals surface area contributed by atoms with E-state index < -0.39 is 0 Å². The molecule has 2 N–H and O–H groups in total. The Kier molecular flexibility index (Phi) is 3.04. The Balaban J connectivity index is 2.81. The molecule has 74 valence electrons. The third-order valence-electron chi connectivity index (χ3n) is 2.10. The SMILES string of the molecule is CSc1c(CBr)sc2cccc(N)c12. The van der Waals surface area contributed by atoms with E-state index in [2.05, 4.69) is 28.3 Å². The molecule has 1 heterocycles. The molecular formula is C10H10BrNS2. The molecule has 0 aliphatic carbocycles. The first kappa shape index (κ1) is 10.3. The summed E-state index contributed by atoms with van der Waals surface area (Å²) >= 11 is 7.09. The number of benzene rings is 1. The Morgan fingerprint density at radius 2 is 2.29 bits per heavy atom. The van der Waals surface area contributed by atoms with Gasteiger partial charge in [-0.1, -0.05) is 22.0 Å². The van der Waals surface area contributed by atoms with Gasteiger partial charge in [-0.05, 0) is 18.4 Å². The van der Waals surface area contributed by atoms with Crippen molar-refractivity contribution in [3.8, 4) is 0 Å². The Morgan fingerprint density at radius 1 is 1.50 bits per heavy atom. The molecular weight excluding hydrogens is 278 g/mol. The minimum absolute atomic E-state index is 0.885. The molecule has 0 amide bonds. The number of fused-ring (bicyclic) bond motifs is 1. The summed E-state index contributed by atoms with van der Waals surface area (Å²) in [7, 11) is 0. The van der Waals surface area contributed by atoms with E-state index in [1.165, 1.54) is 19.9 Å². The summed E-state index contributed by atoms with van der Waals surface area (Å²) in [6.45, 7) is 0. The van der Waals surface area contributed by atoms with E-state index in [4.69, 9.17) is 5.73 Å². The fraction of sp³-hybridized carbons (Fsp3) is 0.200. The number of halogens is 1. The van der Waals surface area contributed by atoms with Crippen LogP contribution in [0, 0.1) is 0 Å². The van der Waals surface area contributed by atoms with Crippen LogP contribution in [0.25, 0.3) is 10.1 Å². The van der Waals surface area contributed by atoms with E-state index in [0.717, 1.165) is 11.0 Å². The van der Waals surface area contributed by atoms with Gasteiger partial charge in [-0.3, -0.25) is 0 Å². The van der Waals surface area contributed by atoms with Crippen molar-refractivity contribution < 1.29 is 0 Å². The van der Waals surface area contributed by atoms with Crippen molar-refractivity contribution in [1.29, 1.82) is 0 Å². The first-order chi connectivity index (χ1) is 6.77. The number of alkyl halides is 1. The molecule has 0 aliphatic heterocycles. The zero-order chi connectivity index (χ0) is 10.1. The number of thiophene rings is 1. The quantitative estimate of drug-likeness (QED) is 0.511. The smallest absolute Gasteiger partial charge is 0.0413 e. The molecule has 1 nitrogen and oxygen atoms in total. The van der Waals surface area contributed by atoms with E-state index in [-0.39, 0.29) is 0 Å². The van der Waals surface area contributed by atoms with Gasteiger partial charge in [0, 0.05) is 30.9 Å². The highest BCUT2D eigenvalue weighted by atomic mass is 79.9. The lowest BCUT2D eigenvalue weighted by atomic mass is 10.2. The van der Waals surface area contributed by atoms with Crippen LogP contribution < -0.4 is 5.73 Å². The van der Waals surface area contributed by atoms with E-state index in [0.29, 0.717) is 0 Å². The van der Waals surface area contributed by atoms with Crippen molar-refractivity contribution in [3.63, 3.8) is 0 Å². The highest BCUT2D eigenvalue weighted by Gasteiger charge is 2.11. The molecule has 0 saturated heterocycles. The molecule has 0 saturated carbocycles. The normalized spacial score (nSPS) is 11.0. The molecule has 14 heavy (non-hydrogen) atoms. The number of nitrogens with two attached hydrogens (primary N) is 1. The molecule has 0 radical (unpaired) electrons. The molecule has 2 rings (SSSR count). The number of rotatable bonds is 2. The van der Waals surface area contributed by atoms with Crippen LogP contribution in [0.5, 0.6) is 0 Å². The zero-order valence-corrected chi connectivity index (χ0v) is 10.9. The molecule has 0 unspecified atom stereocenters. The molecule has 0 spiro atoms. The highest BCUT2D eigenvalue weighted by Crippen LogP contribution is 2.40. The van der Waals surface area contributed by atoms with Crippen LogP contribution in [0.15, 0.2) is 23.1 Å². The van der Waals surface area contributed by atoms with Crippen molar-refractivity contribution in [3.05, 3.63) is 23.1 Å². The minimum Gasteiger partial charge on any atom is -0.398 e. The Labute approximate surface area is 99.8 Å². The largest absolute Gasteiger partial charge is 0.398 e. The summed E-state index contributed by atoms with van der Waals surface area (Å²) in [5, 5.41) is 2.13. The Bertz CT molecular complexity index is 464. The number of hydrogen-bond acceptors (Lipinski definition) is 3. The second-order valence-electron chi connectivity index (χ2n) is 2.91. The third kappa shape index (κ3) is 1.55. The number of hydrogen-bond donors (Lipinski definition) is 1. The predicted octanol–water partition coefficient (Wildman–Crippen LogP) is 4.10. The van der Waals surface area contributed by atoms with Crippen LogP contribution in [0.1, 0.15) is 4.88 Å². The summed E-state index contributed by atoms with van der Waals surface area (Å²) in [6, 6.07) is 6.10. The molecule has 0 atom stereocenters.